The smallest absolute Gasteiger partial charge is 0.308 e. The third kappa shape index (κ3) is 3.08. The molecular weight excluding hydrogens is 358 g/mol. The molecule has 0 fully saturated rings. The first kappa shape index (κ1) is 17.7. The van der Waals surface area contributed by atoms with E-state index in [0.717, 1.165) is 16.2 Å². The quantitative estimate of drug-likeness (QED) is 0.771. The van der Waals surface area contributed by atoms with Crippen molar-refractivity contribution in [3.63, 3.8) is 0 Å². The summed E-state index contributed by atoms with van der Waals surface area (Å²) in [4.78, 5) is 53.7. The summed E-state index contributed by atoms with van der Waals surface area (Å²) in [6, 6.07) is 5.36. The Bertz CT molecular complexity index is 901. The van der Waals surface area contributed by atoms with Crippen molar-refractivity contribution < 1.29 is 24.3 Å². The summed E-state index contributed by atoms with van der Waals surface area (Å²) < 4.78 is 0. The molecule has 0 bridgehead atoms. The largest absolute Gasteiger partial charge is 0.481 e. The highest BCUT2D eigenvalue weighted by Gasteiger charge is 2.40. The van der Waals surface area contributed by atoms with Crippen molar-refractivity contribution in [3.8, 4) is 0 Å². The van der Waals surface area contributed by atoms with Gasteiger partial charge in [0, 0.05) is 4.88 Å². The van der Waals surface area contributed by atoms with Crippen molar-refractivity contribution in [1.29, 1.82) is 0 Å². The van der Waals surface area contributed by atoms with Gasteiger partial charge in [0.15, 0.2) is 5.13 Å². The monoisotopic (exact) mass is 373 g/mol. The number of imide groups is 1. The minimum Gasteiger partial charge on any atom is -0.481 e. The molecule has 3 amide bonds. The predicted octanol–water partition coefficient (Wildman–Crippen LogP) is 1.70. The molecule has 0 saturated heterocycles. The van der Waals surface area contributed by atoms with Crippen LogP contribution >= 0.6 is 11.3 Å². The molecule has 1 atom stereocenters. The molecule has 1 aromatic heterocycles. The molecule has 2 N–H and O–H groups in total. The van der Waals surface area contributed by atoms with Crippen LogP contribution in [0.4, 0.5) is 5.13 Å². The van der Waals surface area contributed by atoms with E-state index in [1.807, 2.05) is 0 Å². The van der Waals surface area contributed by atoms with Gasteiger partial charge >= 0.3 is 5.97 Å². The molecule has 1 aromatic carbocycles. The highest BCUT2D eigenvalue weighted by atomic mass is 32.1. The van der Waals surface area contributed by atoms with Crippen molar-refractivity contribution in [1.82, 2.24) is 9.88 Å². The zero-order chi connectivity index (χ0) is 19.0. The number of hydrogen-bond acceptors (Lipinski definition) is 6. The number of hydrogen-bond donors (Lipinski definition) is 2. The van der Waals surface area contributed by atoms with Crippen LogP contribution in [0.15, 0.2) is 24.3 Å². The van der Waals surface area contributed by atoms with E-state index in [-0.39, 0.29) is 22.7 Å². The van der Waals surface area contributed by atoms with Gasteiger partial charge in [0.1, 0.15) is 6.04 Å². The number of aromatic nitrogens is 1. The third-order valence-electron chi connectivity index (χ3n) is 4.03. The maximum absolute atomic E-state index is 12.5. The second kappa shape index (κ2) is 6.68. The van der Waals surface area contributed by atoms with E-state index in [9.17, 15) is 19.2 Å². The van der Waals surface area contributed by atoms with Gasteiger partial charge in [-0.25, -0.2) is 4.98 Å². The minimum atomic E-state index is -1.03. The molecule has 1 unspecified atom stereocenters. The summed E-state index contributed by atoms with van der Waals surface area (Å²) in [7, 11) is 0. The number of carbonyl (C=O) groups excluding carboxylic acids is 3. The van der Waals surface area contributed by atoms with Gasteiger partial charge in [-0.15, -0.1) is 11.3 Å². The van der Waals surface area contributed by atoms with Gasteiger partial charge in [-0.1, -0.05) is 12.1 Å². The fourth-order valence-electron chi connectivity index (χ4n) is 2.67. The first-order valence-electron chi connectivity index (χ1n) is 7.75. The molecule has 0 spiro atoms. The maximum Gasteiger partial charge on any atom is 0.308 e. The van der Waals surface area contributed by atoms with Crippen molar-refractivity contribution in [2.75, 3.05) is 5.32 Å². The maximum atomic E-state index is 12.5. The molecule has 1 aliphatic heterocycles. The Labute approximate surface area is 152 Å². The number of nitrogens with one attached hydrogen (secondary N) is 1. The van der Waals surface area contributed by atoms with Crippen LogP contribution in [0.5, 0.6) is 0 Å². The highest BCUT2D eigenvalue weighted by Crippen LogP contribution is 2.26. The summed E-state index contributed by atoms with van der Waals surface area (Å²) in [6.07, 6.45) is -0.187. The molecule has 9 heteroatoms. The molecular formula is C17H15N3O5S. The second-order valence-electron chi connectivity index (χ2n) is 5.79. The summed E-state index contributed by atoms with van der Waals surface area (Å²) in [5, 5.41) is 11.6. The van der Waals surface area contributed by atoms with Gasteiger partial charge in [-0.3, -0.25) is 24.1 Å². The number of carboxylic acids is 1. The summed E-state index contributed by atoms with van der Waals surface area (Å²) >= 11 is 1.05. The lowest BCUT2D eigenvalue weighted by Gasteiger charge is -2.21. The fourth-order valence-corrected chi connectivity index (χ4v) is 3.63. The minimum absolute atomic E-state index is 0.187. The van der Waals surface area contributed by atoms with E-state index in [4.69, 9.17) is 5.11 Å². The predicted molar refractivity (Wildman–Crippen MR) is 93.2 cm³/mol. The Kier molecular flexibility index (Phi) is 4.56. The molecule has 0 saturated carbocycles. The SMILES string of the molecule is Cc1nc(NC(=O)C(C)N2C(=O)c3ccccc3C2=O)sc1CC(=O)O. The Balaban J connectivity index is 1.76. The number of aryl methyl sites for hydroxylation is 1. The van der Waals surface area contributed by atoms with E-state index in [1.54, 1.807) is 31.2 Å². The van der Waals surface area contributed by atoms with Crippen molar-refractivity contribution >= 4 is 40.2 Å². The average Bonchev–Trinajstić information content (AvgIpc) is 3.04. The Morgan fingerprint density at radius 1 is 1.23 bits per heavy atom. The number of carboxylic acid groups (broad SMARTS) is 1. The number of anilines is 1. The van der Waals surface area contributed by atoms with E-state index < -0.39 is 29.7 Å². The lowest BCUT2D eigenvalue weighted by Crippen LogP contribution is -2.45. The Morgan fingerprint density at radius 2 is 1.81 bits per heavy atom. The number of rotatable bonds is 5. The normalized spacial score (nSPS) is 14.3. The Morgan fingerprint density at radius 3 is 2.35 bits per heavy atom. The number of thiazole rings is 1. The lowest BCUT2D eigenvalue weighted by molar-refractivity contribution is -0.136. The molecule has 8 nitrogen and oxygen atoms in total. The van der Waals surface area contributed by atoms with Crippen LogP contribution in [0.2, 0.25) is 0 Å². The zero-order valence-electron chi connectivity index (χ0n) is 14.0. The van der Waals surface area contributed by atoms with Crippen LogP contribution < -0.4 is 5.32 Å². The zero-order valence-corrected chi connectivity index (χ0v) is 14.8. The number of fused-ring (bicyclic) bond motifs is 1. The molecule has 2 aromatic rings. The van der Waals surface area contributed by atoms with E-state index >= 15 is 0 Å². The third-order valence-corrected chi connectivity index (χ3v) is 5.10. The van der Waals surface area contributed by atoms with Crippen LogP contribution in [0.1, 0.15) is 38.2 Å². The van der Waals surface area contributed by atoms with Gasteiger partial charge in [-0.05, 0) is 26.0 Å². The van der Waals surface area contributed by atoms with Crippen molar-refractivity contribution in [2.24, 2.45) is 0 Å². The first-order valence-corrected chi connectivity index (χ1v) is 8.57. The van der Waals surface area contributed by atoms with E-state index in [1.165, 1.54) is 6.92 Å². The Hall–Kier alpha value is -3.07. The van der Waals surface area contributed by atoms with Gasteiger partial charge < -0.3 is 10.4 Å². The molecule has 0 aliphatic carbocycles. The topological polar surface area (TPSA) is 117 Å². The summed E-state index contributed by atoms with van der Waals surface area (Å²) in [5.41, 5.74) is 1.05. The standard InChI is InChI=1S/C17H15N3O5S/c1-8-12(7-13(21)22)26-17(18-8)19-14(23)9(2)20-15(24)10-5-3-4-6-11(10)16(20)25/h3-6,9H,7H2,1-2H3,(H,21,22)(H,18,19,23). The second-order valence-corrected chi connectivity index (χ2v) is 6.87. The van der Waals surface area contributed by atoms with Crippen LogP contribution in [-0.2, 0) is 16.0 Å². The van der Waals surface area contributed by atoms with Crippen molar-refractivity contribution in [3.05, 3.63) is 46.0 Å². The van der Waals surface area contributed by atoms with E-state index in [2.05, 4.69) is 10.3 Å². The fraction of sp³-hybridized carbons (Fsp3) is 0.235. The number of aliphatic carboxylic acids is 1. The number of amides is 3. The van der Waals surface area contributed by atoms with Gasteiger partial charge in [0.25, 0.3) is 11.8 Å². The highest BCUT2D eigenvalue weighted by molar-refractivity contribution is 7.16. The molecule has 134 valence electrons. The first-order chi connectivity index (χ1) is 12.3. The van der Waals surface area contributed by atoms with Gasteiger partial charge in [0.2, 0.25) is 5.91 Å². The molecule has 0 radical (unpaired) electrons. The van der Waals surface area contributed by atoms with Gasteiger partial charge in [-0.2, -0.15) is 0 Å². The molecule has 2 heterocycles. The van der Waals surface area contributed by atoms with Crippen LogP contribution in [0, 0.1) is 6.92 Å². The molecule has 1 aliphatic rings. The lowest BCUT2D eigenvalue weighted by atomic mass is 10.1. The van der Waals surface area contributed by atoms with E-state index in [0.29, 0.717) is 10.6 Å². The molecule has 3 rings (SSSR count). The van der Waals surface area contributed by atoms with Crippen molar-refractivity contribution in [2.45, 2.75) is 26.3 Å². The number of carbonyl (C=O) groups is 4. The average molecular weight is 373 g/mol. The number of nitrogens with zero attached hydrogens (tertiary/aromatic N) is 2. The summed E-state index contributed by atoms with van der Waals surface area (Å²) in [5.74, 6) is -2.60. The van der Waals surface area contributed by atoms with Gasteiger partial charge in [0.05, 0.1) is 23.2 Å². The number of benzene rings is 1. The summed E-state index contributed by atoms with van der Waals surface area (Å²) in [6.45, 7) is 3.10. The van der Waals surface area contributed by atoms with Crippen LogP contribution in [0.3, 0.4) is 0 Å². The molecule has 26 heavy (non-hydrogen) atoms. The van der Waals surface area contributed by atoms with Crippen LogP contribution in [0.25, 0.3) is 0 Å². The van der Waals surface area contributed by atoms with Crippen LogP contribution in [-0.4, -0.2) is 44.7 Å².